The molecule has 0 fully saturated rings. The average Bonchev–Trinajstić information content (AvgIpc) is 2.63. The summed E-state index contributed by atoms with van der Waals surface area (Å²) in [6.45, 7) is -1.00. The molecular weight excluding hydrogens is 232 g/mol. The van der Waals surface area contributed by atoms with Crippen molar-refractivity contribution in [3.8, 4) is 0 Å². The molecule has 0 radical (unpaired) electrons. The molecule has 0 amide bonds. The zero-order valence-corrected chi connectivity index (χ0v) is 8.13. The predicted molar refractivity (Wildman–Crippen MR) is 45.3 cm³/mol. The third-order valence-corrected chi connectivity index (χ3v) is 2.71. The fourth-order valence-corrected chi connectivity index (χ4v) is 1.73. The van der Waals surface area contributed by atoms with E-state index in [9.17, 15) is 22.0 Å². The lowest BCUT2D eigenvalue weighted by Gasteiger charge is -2.02. The second kappa shape index (κ2) is 4.49. The first kappa shape index (κ1) is 11.8. The number of hydrogen-bond donors (Lipinski definition) is 1. The van der Waals surface area contributed by atoms with Gasteiger partial charge >= 0.3 is 0 Å². The average molecular weight is 239 g/mol. The second-order valence-corrected chi connectivity index (χ2v) is 4.22. The van der Waals surface area contributed by atoms with Gasteiger partial charge in [-0.25, -0.2) is 21.9 Å². The van der Waals surface area contributed by atoms with Crippen LogP contribution in [0.1, 0.15) is 10.6 Å². The maximum absolute atomic E-state index is 11.7. The van der Waals surface area contributed by atoms with Gasteiger partial charge in [-0.1, -0.05) is 0 Å². The van der Waals surface area contributed by atoms with Crippen molar-refractivity contribution in [2.24, 2.45) is 0 Å². The second-order valence-electron chi connectivity index (χ2n) is 2.52. The van der Waals surface area contributed by atoms with Crippen LogP contribution < -0.4 is 4.72 Å². The molecule has 0 saturated heterocycles. The summed E-state index contributed by atoms with van der Waals surface area (Å²) in [7, 11) is -4.10. The van der Waals surface area contributed by atoms with E-state index >= 15 is 0 Å². The number of nitrogens with one attached hydrogen (secondary N) is 1. The molecule has 0 aliphatic carbocycles. The maximum atomic E-state index is 11.7. The van der Waals surface area contributed by atoms with E-state index in [4.69, 9.17) is 0 Å². The van der Waals surface area contributed by atoms with Gasteiger partial charge in [-0.3, -0.25) is 4.79 Å². The first-order valence-corrected chi connectivity index (χ1v) is 5.27. The highest BCUT2D eigenvalue weighted by molar-refractivity contribution is 7.89. The van der Waals surface area contributed by atoms with E-state index in [2.05, 4.69) is 4.42 Å². The molecule has 1 aromatic heterocycles. The summed E-state index contributed by atoms with van der Waals surface area (Å²) in [5.41, 5.74) is 0. The van der Waals surface area contributed by atoms with Gasteiger partial charge in [0.15, 0.2) is 12.0 Å². The fraction of sp³-hybridized carbons (Fsp3) is 0.286. The summed E-state index contributed by atoms with van der Waals surface area (Å²) in [6, 6.07) is 2.14. The molecule has 0 saturated carbocycles. The molecule has 0 aromatic carbocycles. The van der Waals surface area contributed by atoms with Crippen molar-refractivity contribution in [3.63, 3.8) is 0 Å². The number of sulfonamides is 1. The minimum absolute atomic E-state index is 0.188. The lowest BCUT2D eigenvalue weighted by atomic mass is 10.5. The van der Waals surface area contributed by atoms with Gasteiger partial charge in [0.2, 0.25) is 5.09 Å². The number of carbonyl (C=O) groups excluding carboxylic acids is 1. The molecule has 84 valence electrons. The van der Waals surface area contributed by atoms with Gasteiger partial charge in [0.05, 0.1) is 6.54 Å². The Hall–Kier alpha value is -1.28. The number of halogens is 2. The minimum Gasteiger partial charge on any atom is -0.440 e. The minimum atomic E-state index is -4.10. The van der Waals surface area contributed by atoms with Crippen molar-refractivity contribution in [2.45, 2.75) is 11.5 Å². The molecule has 0 bridgehead atoms. The Labute approximate surface area is 84.1 Å². The van der Waals surface area contributed by atoms with E-state index in [0.717, 1.165) is 12.1 Å². The SMILES string of the molecule is O=Cc1ccc(S(=O)(=O)NCC(F)F)o1. The third-order valence-electron chi connectivity index (χ3n) is 1.41. The smallest absolute Gasteiger partial charge is 0.274 e. The molecule has 0 unspecified atom stereocenters. The van der Waals surface area contributed by atoms with Crippen LogP contribution in [0.25, 0.3) is 0 Å². The van der Waals surface area contributed by atoms with Crippen LogP contribution in [0, 0.1) is 0 Å². The molecule has 1 heterocycles. The highest BCUT2D eigenvalue weighted by Gasteiger charge is 2.19. The molecule has 1 rings (SSSR count). The van der Waals surface area contributed by atoms with E-state index in [0.29, 0.717) is 6.29 Å². The predicted octanol–water partition coefficient (Wildman–Crippen LogP) is 0.635. The van der Waals surface area contributed by atoms with E-state index in [1.54, 1.807) is 4.72 Å². The third kappa shape index (κ3) is 3.10. The van der Waals surface area contributed by atoms with Gasteiger partial charge in [-0.2, -0.15) is 0 Å². The van der Waals surface area contributed by atoms with Crippen molar-refractivity contribution in [1.82, 2.24) is 4.72 Å². The van der Waals surface area contributed by atoms with Gasteiger partial charge in [0.25, 0.3) is 16.4 Å². The lowest BCUT2D eigenvalue weighted by molar-refractivity contribution is 0.109. The number of furan rings is 1. The van der Waals surface area contributed by atoms with Crippen LogP contribution in [0.3, 0.4) is 0 Å². The highest BCUT2D eigenvalue weighted by Crippen LogP contribution is 2.12. The number of hydrogen-bond acceptors (Lipinski definition) is 4. The zero-order chi connectivity index (χ0) is 11.5. The molecule has 1 N–H and O–H groups in total. The van der Waals surface area contributed by atoms with Crippen LogP contribution in [0.15, 0.2) is 21.6 Å². The molecule has 15 heavy (non-hydrogen) atoms. The standard InChI is InChI=1S/C7H7F2NO4S/c8-6(9)3-10-15(12,13)7-2-1-5(4-11)14-7/h1-2,4,6,10H,3H2. The Morgan fingerprint density at radius 1 is 1.47 bits per heavy atom. The van der Waals surface area contributed by atoms with Gasteiger partial charge < -0.3 is 4.42 Å². The number of alkyl halides is 2. The van der Waals surface area contributed by atoms with E-state index < -0.39 is 28.1 Å². The number of carbonyl (C=O) groups is 1. The first-order valence-electron chi connectivity index (χ1n) is 3.78. The summed E-state index contributed by atoms with van der Waals surface area (Å²) in [6.07, 6.45) is -2.48. The van der Waals surface area contributed by atoms with Crippen molar-refractivity contribution in [2.75, 3.05) is 6.54 Å². The zero-order valence-electron chi connectivity index (χ0n) is 7.31. The Morgan fingerprint density at radius 3 is 2.60 bits per heavy atom. The highest BCUT2D eigenvalue weighted by atomic mass is 32.2. The van der Waals surface area contributed by atoms with Crippen LogP contribution in [0.2, 0.25) is 0 Å². The Kier molecular flexibility index (Phi) is 3.53. The van der Waals surface area contributed by atoms with Crippen molar-refractivity contribution < 1.29 is 26.4 Å². The Bertz CT molecular complexity index is 440. The molecule has 0 spiro atoms. The molecular formula is C7H7F2NO4S. The monoisotopic (exact) mass is 239 g/mol. The fourth-order valence-electron chi connectivity index (χ4n) is 0.786. The number of rotatable bonds is 5. The van der Waals surface area contributed by atoms with Gasteiger partial charge in [-0.05, 0) is 12.1 Å². The van der Waals surface area contributed by atoms with E-state index in [1.807, 2.05) is 0 Å². The Morgan fingerprint density at radius 2 is 2.13 bits per heavy atom. The topological polar surface area (TPSA) is 76.4 Å². The van der Waals surface area contributed by atoms with Crippen molar-refractivity contribution in [1.29, 1.82) is 0 Å². The van der Waals surface area contributed by atoms with Crippen molar-refractivity contribution in [3.05, 3.63) is 17.9 Å². The van der Waals surface area contributed by atoms with Crippen LogP contribution in [-0.2, 0) is 10.0 Å². The Balaban J connectivity index is 2.81. The lowest BCUT2D eigenvalue weighted by Crippen LogP contribution is -2.28. The van der Waals surface area contributed by atoms with Gasteiger partial charge in [0, 0.05) is 0 Å². The quantitative estimate of drug-likeness (QED) is 0.765. The van der Waals surface area contributed by atoms with E-state index in [1.165, 1.54) is 0 Å². The summed E-state index contributed by atoms with van der Waals surface area (Å²) in [4.78, 5) is 10.2. The number of aldehydes is 1. The van der Waals surface area contributed by atoms with Crippen molar-refractivity contribution >= 4 is 16.3 Å². The van der Waals surface area contributed by atoms with E-state index in [-0.39, 0.29) is 5.76 Å². The molecule has 0 aliphatic rings. The van der Waals surface area contributed by atoms with Gasteiger partial charge in [0.1, 0.15) is 0 Å². The summed E-state index contributed by atoms with van der Waals surface area (Å²) < 4.78 is 52.1. The van der Waals surface area contributed by atoms with Crippen LogP contribution >= 0.6 is 0 Å². The molecule has 1 aromatic rings. The molecule has 8 heteroatoms. The summed E-state index contributed by atoms with van der Waals surface area (Å²) >= 11 is 0. The summed E-state index contributed by atoms with van der Waals surface area (Å²) in [5, 5.41) is -0.565. The molecule has 5 nitrogen and oxygen atoms in total. The molecule has 0 aliphatic heterocycles. The van der Waals surface area contributed by atoms with Gasteiger partial charge in [-0.15, -0.1) is 0 Å². The molecule has 0 atom stereocenters. The van der Waals surface area contributed by atoms with Crippen LogP contribution in [0.5, 0.6) is 0 Å². The summed E-state index contributed by atoms with van der Waals surface area (Å²) in [5.74, 6) is -0.188. The maximum Gasteiger partial charge on any atom is 0.274 e. The van der Waals surface area contributed by atoms with Crippen LogP contribution in [-0.4, -0.2) is 27.7 Å². The van der Waals surface area contributed by atoms with Crippen LogP contribution in [0.4, 0.5) is 8.78 Å². The largest absolute Gasteiger partial charge is 0.440 e. The first-order chi connectivity index (χ1) is 6.95. The normalized spacial score (nSPS) is 11.9.